The van der Waals surface area contributed by atoms with Crippen molar-refractivity contribution in [2.24, 2.45) is 0 Å². The maximum absolute atomic E-state index is 12.3. The summed E-state index contributed by atoms with van der Waals surface area (Å²) in [6.45, 7) is 0.165. The van der Waals surface area contributed by atoms with Crippen LogP contribution in [0, 0.1) is 0 Å². The second kappa shape index (κ2) is 7.99. The summed E-state index contributed by atoms with van der Waals surface area (Å²) in [5, 5.41) is 2.71. The molecule has 0 radical (unpaired) electrons. The van der Waals surface area contributed by atoms with E-state index >= 15 is 0 Å². The minimum atomic E-state index is -3.52. The van der Waals surface area contributed by atoms with Gasteiger partial charge in [-0.2, -0.15) is 0 Å². The van der Waals surface area contributed by atoms with Crippen molar-refractivity contribution in [3.8, 4) is 5.75 Å². The van der Waals surface area contributed by atoms with Gasteiger partial charge in [0.1, 0.15) is 5.75 Å². The Labute approximate surface area is 163 Å². The van der Waals surface area contributed by atoms with Crippen LogP contribution in [0.15, 0.2) is 53.4 Å². The molecule has 0 atom stereocenters. The minimum Gasteiger partial charge on any atom is -0.482 e. The van der Waals surface area contributed by atoms with Crippen LogP contribution in [0.25, 0.3) is 0 Å². The largest absolute Gasteiger partial charge is 0.482 e. The van der Waals surface area contributed by atoms with Crippen molar-refractivity contribution in [2.45, 2.75) is 11.3 Å². The molecule has 0 aliphatic carbocycles. The van der Waals surface area contributed by atoms with E-state index < -0.39 is 10.0 Å². The van der Waals surface area contributed by atoms with E-state index in [9.17, 15) is 18.0 Å². The zero-order valence-corrected chi connectivity index (χ0v) is 16.4. The molecule has 9 heteroatoms. The summed E-state index contributed by atoms with van der Waals surface area (Å²) in [6, 6.07) is 13.1. The van der Waals surface area contributed by atoms with Crippen molar-refractivity contribution in [1.82, 2.24) is 4.31 Å². The second-order valence-corrected chi connectivity index (χ2v) is 8.56. The Morgan fingerprint density at radius 3 is 2.50 bits per heavy atom. The number of carbonyl (C=O) groups excluding carboxylic acids is 2. The molecule has 2 amide bonds. The molecule has 0 aromatic heterocycles. The molecule has 1 N–H and O–H groups in total. The van der Waals surface area contributed by atoms with Gasteiger partial charge in [-0.1, -0.05) is 12.1 Å². The van der Waals surface area contributed by atoms with Gasteiger partial charge in [-0.25, -0.2) is 12.7 Å². The summed E-state index contributed by atoms with van der Waals surface area (Å²) in [4.78, 5) is 26.1. The smallest absolute Gasteiger partial charge is 0.265 e. The highest BCUT2D eigenvalue weighted by Gasteiger charge is 2.25. The number of hydrogen-bond donors (Lipinski definition) is 1. The average Bonchev–Trinajstić information content (AvgIpc) is 2.67. The number of carbonyl (C=O) groups is 2. The number of nitrogens with zero attached hydrogens (tertiary/aromatic N) is 2. The third kappa shape index (κ3) is 4.15. The van der Waals surface area contributed by atoms with E-state index in [0.717, 1.165) is 4.31 Å². The van der Waals surface area contributed by atoms with Crippen LogP contribution in [0.3, 0.4) is 0 Å². The van der Waals surface area contributed by atoms with Gasteiger partial charge in [0.15, 0.2) is 6.61 Å². The number of benzene rings is 2. The van der Waals surface area contributed by atoms with Crippen molar-refractivity contribution in [3.05, 3.63) is 48.5 Å². The SMILES string of the molecule is CN(C)S(=O)(=O)c1ccc(NC(=O)CCN2C(=O)COc3ccccc32)cc1. The molecule has 0 fully saturated rings. The van der Waals surface area contributed by atoms with Crippen LogP contribution >= 0.6 is 0 Å². The molecule has 0 saturated carbocycles. The standard InChI is InChI=1S/C19H21N3O5S/c1-21(2)28(25,26)15-9-7-14(8-10-15)20-18(23)11-12-22-16-5-3-4-6-17(16)27-13-19(22)24/h3-10H,11-13H2,1-2H3,(H,20,23). The molecule has 1 aliphatic rings. The second-order valence-electron chi connectivity index (χ2n) is 6.41. The lowest BCUT2D eigenvalue weighted by Gasteiger charge is -2.29. The first-order valence-corrected chi connectivity index (χ1v) is 10.1. The molecule has 0 bridgehead atoms. The van der Waals surface area contributed by atoms with Crippen LogP contribution in [0.4, 0.5) is 11.4 Å². The van der Waals surface area contributed by atoms with Gasteiger partial charge in [0, 0.05) is 32.7 Å². The van der Waals surface area contributed by atoms with Gasteiger partial charge < -0.3 is 15.0 Å². The fourth-order valence-corrected chi connectivity index (χ4v) is 3.66. The van der Waals surface area contributed by atoms with Crippen molar-refractivity contribution >= 4 is 33.2 Å². The van der Waals surface area contributed by atoms with Gasteiger partial charge in [-0.3, -0.25) is 9.59 Å². The quantitative estimate of drug-likeness (QED) is 0.792. The lowest BCUT2D eigenvalue weighted by Crippen LogP contribution is -2.40. The number of para-hydroxylation sites is 2. The van der Waals surface area contributed by atoms with Crippen LogP contribution in [-0.2, 0) is 19.6 Å². The van der Waals surface area contributed by atoms with Gasteiger partial charge in [-0.15, -0.1) is 0 Å². The Hall–Kier alpha value is -2.91. The van der Waals surface area contributed by atoms with Crippen molar-refractivity contribution < 1.29 is 22.7 Å². The Kier molecular flexibility index (Phi) is 5.66. The predicted octanol–water partition coefficient (Wildman–Crippen LogP) is 1.69. The average molecular weight is 403 g/mol. The van der Waals surface area contributed by atoms with E-state index in [1.165, 1.54) is 43.3 Å². The van der Waals surface area contributed by atoms with E-state index in [-0.39, 0.29) is 36.3 Å². The van der Waals surface area contributed by atoms with Crippen molar-refractivity contribution in [3.63, 3.8) is 0 Å². The Bertz CT molecular complexity index is 987. The Morgan fingerprint density at radius 1 is 1.14 bits per heavy atom. The van der Waals surface area contributed by atoms with Crippen LogP contribution in [0.5, 0.6) is 5.75 Å². The summed E-state index contributed by atoms with van der Waals surface area (Å²) in [5.74, 6) is 0.130. The number of rotatable bonds is 6. The molecule has 28 heavy (non-hydrogen) atoms. The number of sulfonamides is 1. The van der Waals surface area contributed by atoms with Crippen LogP contribution in [-0.4, -0.2) is 51.8 Å². The third-order valence-corrected chi connectivity index (χ3v) is 6.12. The number of fused-ring (bicyclic) bond motifs is 1. The van der Waals surface area contributed by atoms with Crippen LogP contribution in [0.2, 0.25) is 0 Å². The molecule has 2 aromatic carbocycles. The highest BCUT2D eigenvalue weighted by Crippen LogP contribution is 2.31. The first-order chi connectivity index (χ1) is 13.3. The summed E-state index contributed by atoms with van der Waals surface area (Å²) in [7, 11) is -0.608. The maximum atomic E-state index is 12.3. The number of nitrogens with one attached hydrogen (secondary N) is 1. The van der Waals surface area contributed by atoms with Gasteiger partial charge in [0.05, 0.1) is 10.6 Å². The Morgan fingerprint density at radius 2 is 1.82 bits per heavy atom. The summed E-state index contributed by atoms with van der Waals surface area (Å²) in [5.41, 5.74) is 1.13. The molecule has 1 heterocycles. The molecule has 8 nitrogen and oxygen atoms in total. The van der Waals surface area contributed by atoms with Gasteiger partial charge in [-0.05, 0) is 36.4 Å². The number of anilines is 2. The molecule has 0 saturated heterocycles. The van der Waals surface area contributed by atoms with E-state index in [1.54, 1.807) is 18.2 Å². The van der Waals surface area contributed by atoms with Crippen molar-refractivity contribution in [2.75, 3.05) is 37.5 Å². The topological polar surface area (TPSA) is 96.0 Å². The van der Waals surface area contributed by atoms with E-state index in [4.69, 9.17) is 4.74 Å². The van der Waals surface area contributed by atoms with Gasteiger partial charge in [0.25, 0.3) is 5.91 Å². The Balaban J connectivity index is 1.62. The molecule has 148 valence electrons. The molecular formula is C19H21N3O5S. The molecule has 1 aliphatic heterocycles. The molecule has 2 aromatic rings. The van der Waals surface area contributed by atoms with E-state index in [0.29, 0.717) is 17.1 Å². The highest BCUT2D eigenvalue weighted by atomic mass is 32.2. The lowest BCUT2D eigenvalue weighted by molar-refractivity contribution is -0.121. The highest BCUT2D eigenvalue weighted by molar-refractivity contribution is 7.89. The number of ether oxygens (including phenoxy) is 1. The summed E-state index contributed by atoms with van der Waals surface area (Å²) in [6.07, 6.45) is 0.0951. The summed E-state index contributed by atoms with van der Waals surface area (Å²) < 4.78 is 30.6. The molecule has 0 spiro atoms. The monoisotopic (exact) mass is 403 g/mol. The fraction of sp³-hybridized carbons (Fsp3) is 0.263. The minimum absolute atomic E-state index is 0.0551. The molecule has 3 rings (SSSR count). The van der Waals surface area contributed by atoms with E-state index in [1.807, 2.05) is 6.07 Å². The molecular weight excluding hydrogens is 382 g/mol. The predicted molar refractivity (Wildman–Crippen MR) is 105 cm³/mol. The molecule has 0 unspecified atom stereocenters. The first-order valence-electron chi connectivity index (χ1n) is 8.63. The van der Waals surface area contributed by atoms with Crippen LogP contribution in [0.1, 0.15) is 6.42 Å². The number of hydrogen-bond acceptors (Lipinski definition) is 5. The number of amides is 2. The zero-order valence-electron chi connectivity index (χ0n) is 15.6. The summed E-state index contributed by atoms with van der Waals surface area (Å²) >= 11 is 0. The first kappa shape index (κ1) is 19.8. The zero-order chi connectivity index (χ0) is 20.3. The van der Waals surface area contributed by atoms with Gasteiger partial charge >= 0.3 is 0 Å². The third-order valence-electron chi connectivity index (χ3n) is 4.29. The van der Waals surface area contributed by atoms with Gasteiger partial charge in [0.2, 0.25) is 15.9 Å². The maximum Gasteiger partial charge on any atom is 0.265 e. The lowest BCUT2D eigenvalue weighted by atomic mass is 10.2. The van der Waals surface area contributed by atoms with Crippen molar-refractivity contribution in [1.29, 1.82) is 0 Å². The van der Waals surface area contributed by atoms with Crippen LogP contribution < -0.4 is 15.0 Å². The van der Waals surface area contributed by atoms with E-state index in [2.05, 4.69) is 5.32 Å². The normalized spacial score (nSPS) is 13.8. The fourth-order valence-electron chi connectivity index (χ4n) is 2.76.